The van der Waals surface area contributed by atoms with Gasteiger partial charge >= 0.3 is 0 Å². The van der Waals surface area contributed by atoms with Gasteiger partial charge in [-0.25, -0.2) is 0 Å². The van der Waals surface area contributed by atoms with Crippen LogP contribution in [0.5, 0.6) is 0 Å². The van der Waals surface area contributed by atoms with Crippen LogP contribution in [0.4, 0.5) is 11.4 Å². The van der Waals surface area contributed by atoms with Crippen molar-refractivity contribution in [1.82, 2.24) is 4.90 Å². The maximum absolute atomic E-state index is 12.5. The lowest BCUT2D eigenvalue weighted by molar-refractivity contribution is -0.384. The van der Waals surface area contributed by atoms with Crippen molar-refractivity contribution >= 4 is 46.6 Å². The second kappa shape index (κ2) is 9.38. The fourth-order valence-corrected chi connectivity index (χ4v) is 3.42. The van der Waals surface area contributed by atoms with Gasteiger partial charge < -0.3 is 10.2 Å². The number of anilines is 1. The quantitative estimate of drug-likeness (QED) is 0.427. The number of nitrogens with zero attached hydrogens (tertiary/aromatic N) is 2. The summed E-state index contributed by atoms with van der Waals surface area (Å²) in [6.45, 7) is 1.60. The Morgan fingerprint density at radius 3 is 2.44 bits per heavy atom. The monoisotopic (exact) mass is 407 g/mol. The Morgan fingerprint density at radius 1 is 1.22 bits per heavy atom. The second-order valence-electron chi connectivity index (χ2n) is 5.73. The van der Waals surface area contributed by atoms with Crippen molar-refractivity contribution < 1.29 is 14.5 Å². The van der Waals surface area contributed by atoms with Gasteiger partial charge in [-0.15, -0.1) is 11.8 Å². The number of hydrogen-bond acceptors (Lipinski definition) is 5. The van der Waals surface area contributed by atoms with E-state index in [2.05, 4.69) is 5.32 Å². The van der Waals surface area contributed by atoms with Crippen LogP contribution in [-0.4, -0.2) is 40.5 Å². The van der Waals surface area contributed by atoms with Gasteiger partial charge in [0, 0.05) is 24.1 Å². The van der Waals surface area contributed by atoms with Gasteiger partial charge in [0.2, 0.25) is 11.8 Å². The summed E-state index contributed by atoms with van der Waals surface area (Å²) in [5, 5.41) is 13.3. The number of para-hydroxylation sites is 1. The van der Waals surface area contributed by atoms with E-state index in [1.807, 2.05) is 0 Å². The zero-order valence-corrected chi connectivity index (χ0v) is 16.3. The highest BCUT2D eigenvalue weighted by Gasteiger charge is 2.21. The number of thioether (sulfide) groups is 1. The van der Waals surface area contributed by atoms with E-state index in [-0.39, 0.29) is 24.0 Å². The number of halogens is 1. The number of likely N-dealkylation sites (N-methyl/N-ethyl adjacent to an activating group) is 1. The van der Waals surface area contributed by atoms with E-state index < -0.39 is 10.2 Å². The number of benzene rings is 2. The molecule has 2 aromatic carbocycles. The molecule has 0 aliphatic heterocycles. The number of nitro groups is 1. The summed E-state index contributed by atoms with van der Waals surface area (Å²) >= 11 is 7.27. The number of hydrogen-bond donors (Lipinski definition) is 1. The summed E-state index contributed by atoms with van der Waals surface area (Å²) in [6.07, 6.45) is 0. The van der Waals surface area contributed by atoms with Crippen LogP contribution < -0.4 is 5.32 Å². The Bertz CT molecular complexity index is 845. The van der Waals surface area contributed by atoms with Crippen molar-refractivity contribution in [2.24, 2.45) is 0 Å². The SMILES string of the molecule is CC(Sc1ccc([N+](=O)[O-])cc1)C(=O)N(C)CC(=O)Nc1ccccc1Cl. The van der Waals surface area contributed by atoms with Crippen molar-refractivity contribution in [1.29, 1.82) is 0 Å². The van der Waals surface area contributed by atoms with E-state index in [1.54, 1.807) is 50.4 Å². The molecule has 0 saturated carbocycles. The van der Waals surface area contributed by atoms with Gasteiger partial charge in [0.15, 0.2) is 0 Å². The molecule has 2 amide bonds. The van der Waals surface area contributed by atoms with Crippen LogP contribution in [0.3, 0.4) is 0 Å². The Labute approximate surface area is 165 Å². The number of nitrogens with one attached hydrogen (secondary N) is 1. The first-order chi connectivity index (χ1) is 12.8. The zero-order valence-electron chi connectivity index (χ0n) is 14.7. The van der Waals surface area contributed by atoms with Crippen molar-refractivity contribution in [2.45, 2.75) is 17.1 Å². The van der Waals surface area contributed by atoms with Gasteiger partial charge in [-0.3, -0.25) is 19.7 Å². The first-order valence-corrected chi connectivity index (χ1v) is 9.24. The third-order valence-electron chi connectivity index (χ3n) is 3.61. The smallest absolute Gasteiger partial charge is 0.269 e. The fraction of sp³-hybridized carbons (Fsp3) is 0.222. The van der Waals surface area contributed by atoms with Crippen LogP contribution in [0.25, 0.3) is 0 Å². The molecule has 0 spiro atoms. The molecule has 2 aromatic rings. The van der Waals surface area contributed by atoms with Crippen LogP contribution in [0.2, 0.25) is 5.02 Å². The Hall–Kier alpha value is -2.58. The van der Waals surface area contributed by atoms with Crippen molar-refractivity contribution in [3.8, 4) is 0 Å². The zero-order chi connectivity index (χ0) is 20.0. The Balaban J connectivity index is 1.90. The van der Waals surface area contributed by atoms with E-state index in [1.165, 1.54) is 28.8 Å². The third kappa shape index (κ3) is 5.97. The summed E-state index contributed by atoms with van der Waals surface area (Å²) in [7, 11) is 1.54. The lowest BCUT2D eigenvalue weighted by atomic mass is 10.3. The molecule has 9 heteroatoms. The Morgan fingerprint density at radius 2 is 1.85 bits per heavy atom. The maximum atomic E-state index is 12.5. The molecule has 0 radical (unpaired) electrons. The summed E-state index contributed by atoms with van der Waals surface area (Å²) < 4.78 is 0. The van der Waals surface area contributed by atoms with E-state index >= 15 is 0 Å². The molecule has 0 aliphatic carbocycles. The number of nitro benzene ring substituents is 1. The van der Waals surface area contributed by atoms with Crippen LogP contribution in [-0.2, 0) is 9.59 Å². The molecule has 0 aromatic heterocycles. The van der Waals surface area contributed by atoms with Gasteiger partial charge in [0.05, 0.1) is 27.4 Å². The number of rotatable bonds is 7. The largest absolute Gasteiger partial charge is 0.335 e. The van der Waals surface area contributed by atoms with E-state index in [0.717, 1.165) is 4.90 Å². The predicted octanol–water partition coefficient (Wildman–Crippen LogP) is 3.83. The first kappa shape index (κ1) is 20.7. The molecular weight excluding hydrogens is 390 g/mol. The lowest BCUT2D eigenvalue weighted by Crippen LogP contribution is -2.38. The standard InChI is InChI=1S/C18H18ClN3O4S/c1-12(27-14-9-7-13(8-10-14)22(25)26)18(24)21(2)11-17(23)20-16-6-4-3-5-15(16)19/h3-10,12H,11H2,1-2H3,(H,20,23). The average Bonchev–Trinajstić information content (AvgIpc) is 2.63. The molecule has 1 unspecified atom stereocenters. The number of carbonyl (C=O) groups is 2. The second-order valence-corrected chi connectivity index (χ2v) is 7.55. The highest BCUT2D eigenvalue weighted by Crippen LogP contribution is 2.26. The molecule has 2 rings (SSSR count). The van der Waals surface area contributed by atoms with Crippen LogP contribution in [0.15, 0.2) is 53.4 Å². The van der Waals surface area contributed by atoms with Gasteiger partial charge in [0.1, 0.15) is 0 Å². The van der Waals surface area contributed by atoms with Gasteiger partial charge in [-0.1, -0.05) is 23.7 Å². The highest BCUT2D eigenvalue weighted by atomic mass is 35.5. The minimum atomic E-state index is -0.478. The van der Waals surface area contributed by atoms with E-state index in [9.17, 15) is 19.7 Å². The molecule has 0 heterocycles. The first-order valence-electron chi connectivity index (χ1n) is 7.98. The van der Waals surface area contributed by atoms with Crippen molar-refractivity contribution in [3.05, 3.63) is 63.7 Å². The van der Waals surface area contributed by atoms with Crippen LogP contribution >= 0.6 is 23.4 Å². The molecule has 7 nitrogen and oxygen atoms in total. The number of non-ortho nitro benzene ring substituents is 1. The van der Waals surface area contributed by atoms with Gasteiger partial charge in [0.25, 0.3) is 5.69 Å². The number of carbonyl (C=O) groups excluding carboxylic acids is 2. The third-order valence-corrected chi connectivity index (χ3v) is 5.04. The van der Waals surface area contributed by atoms with Crippen LogP contribution in [0, 0.1) is 10.1 Å². The van der Waals surface area contributed by atoms with Crippen molar-refractivity contribution in [2.75, 3.05) is 18.9 Å². The molecule has 142 valence electrons. The lowest BCUT2D eigenvalue weighted by Gasteiger charge is -2.21. The molecule has 27 heavy (non-hydrogen) atoms. The summed E-state index contributed by atoms with van der Waals surface area (Å²) in [5.74, 6) is -0.584. The van der Waals surface area contributed by atoms with E-state index in [4.69, 9.17) is 11.6 Å². The van der Waals surface area contributed by atoms with Crippen LogP contribution in [0.1, 0.15) is 6.92 Å². The molecule has 1 atom stereocenters. The normalized spacial score (nSPS) is 11.5. The molecule has 0 fully saturated rings. The average molecular weight is 408 g/mol. The minimum Gasteiger partial charge on any atom is -0.335 e. The number of amides is 2. The predicted molar refractivity (Wildman–Crippen MR) is 106 cm³/mol. The molecule has 0 saturated heterocycles. The summed E-state index contributed by atoms with van der Waals surface area (Å²) in [4.78, 5) is 36.9. The topological polar surface area (TPSA) is 92.6 Å². The van der Waals surface area contributed by atoms with Gasteiger partial charge in [-0.2, -0.15) is 0 Å². The van der Waals surface area contributed by atoms with Gasteiger partial charge in [-0.05, 0) is 31.2 Å². The van der Waals surface area contributed by atoms with E-state index in [0.29, 0.717) is 10.7 Å². The fourth-order valence-electron chi connectivity index (χ4n) is 2.26. The molecular formula is C18H18ClN3O4S. The van der Waals surface area contributed by atoms with Crippen molar-refractivity contribution in [3.63, 3.8) is 0 Å². The maximum Gasteiger partial charge on any atom is 0.269 e. The minimum absolute atomic E-state index is 0.00769. The Kier molecular flexibility index (Phi) is 7.20. The molecule has 1 N–H and O–H groups in total. The highest BCUT2D eigenvalue weighted by molar-refractivity contribution is 8.00. The molecule has 0 aliphatic rings. The molecule has 0 bridgehead atoms. The summed E-state index contributed by atoms with van der Waals surface area (Å²) in [6, 6.07) is 12.8. The summed E-state index contributed by atoms with van der Waals surface area (Å²) in [5.41, 5.74) is 0.477.